The number of nitrogens with zero attached hydrogens (tertiary/aromatic N) is 3. The molecule has 3 nitrogen and oxygen atoms in total. The molecule has 0 N–H and O–H groups in total. The second kappa shape index (κ2) is 3.09. The predicted octanol–water partition coefficient (Wildman–Crippen LogP) is 1.14. The Labute approximate surface area is 70.1 Å². The van der Waals surface area contributed by atoms with Crippen LogP contribution in [0.25, 0.3) is 11.4 Å². The Morgan fingerprint density at radius 3 is 2.67 bits per heavy atom. The first-order chi connectivity index (χ1) is 5.97. The zero-order chi connectivity index (χ0) is 8.23. The molecule has 2 radical (unpaired) electrons. The lowest BCUT2D eigenvalue weighted by molar-refractivity contribution is 1.16. The van der Waals surface area contributed by atoms with Gasteiger partial charge in [0.1, 0.15) is 0 Å². The van der Waals surface area contributed by atoms with Crippen molar-refractivity contribution >= 4 is 0 Å². The highest BCUT2D eigenvalue weighted by atomic mass is 14.9. The van der Waals surface area contributed by atoms with E-state index in [2.05, 4.69) is 27.2 Å². The van der Waals surface area contributed by atoms with Crippen LogP contribution in [0.2, 0.25) is 0 Å². The summed E-state index contributed by atoms with van der Waals surface area (Å²) in [6, 6.07) is 6.35. The van der Waals surface area contributed by atoms with Crippen LogP contribution in [0.5, 0.6) is 0 Å². The van der Waals surface area contributed by atoms with E-state index in [-0.39, 0.29) is 0 Å². The number of pyridine rings is 1. The van der Waals surface area contributed by atoms with Crippen LogP contribution in [-0.4, -0.2) is 15.0 Å². The molecule has 0 aromatic carbocycles. The Hall–Kier alpha value is -1.77. The Bertz CT molecular complexity index is 307. The van der Waals surface area contributed by atoms with E-state index >= 15 is 0 Å². The maximum atomic E-state index is 4.03. The fourth-order valence-electron chi connectivity index (χ4n) is 0.865. The van der Waals surface area contributed by atoms with E-state index in [0.717, 1.165) is 5.56 Å². The molecule has 2 aromatic rings. The molecular formula is C9H5N3. The summed E-state index contributed by atoms with van der Waals surface area (Å²) in [5, 5.41) is 0. The summed E-state index contributed by atoms with van der Waals surface area (Å²) < 4.78 is 0. The minimum Gasteiger partial charge on any atom is -0.254 e. The van der Waals surface area contributed by atoms with Crippen LogP contribution < -0.4 is 0 Å². The van der Waals surface area contributed by atoms with Crippen molar-refractivity contribution < 1.29 is 0 Å². The Balaban J connectivity index is 2.46. The van der Waals surface area contributed by atoms with E-state index in [1.165, 1.54) is 0 Å². The minimum atomic E-state index is 0.662. The van der Waals surface area contributed by atoms with Gasteiger partial charge in [-0.05, 0) is 12.1 Å². The van der Waals surface area contributed by atoms with Gasteiger partial charge in [0.05, 0.1) is 6.20 Å². The second-order valence-corrected chi connectivity index (χ2v) is 2.18. The summed E-state index contributed by atoms with van der Waals surface area (Å²) in [5.74, 6) is 0.662. The van der Waals surface area contributed by atoms with Gasteiger partial charge in [0.15, 0.2) is 5.82 Å². The van der Waals surface area contributed by atoms with Crippen LogP contribution in [0, 0.1) is 12.3 Å². The van der Waals surface area contributed by atoms with E-state index in [1.807, 2.05) is 6.07 Å². The first-order valence-electron chi connectivity index (χ1n) is 3.47. The average Bonchev–Trinajstić information content (AvgIpc) is 2.21. The molecule has 0 bridgehead atoms. The van der Waals surface area contributed by atoms with Gasteiger partial charge in [-0.2, -0.15) is 0 Å². The molecule has 0 saturated heterocycles. The van der Waals surface area contributed by atoms with Gasteiger partial charge in [0.25, 0.3) is 0 Å². The van der Waals surface area contributed by atoms with Gasteiger partial charge in [-0.1, -0.05) is 0 Å². The Kier molecular flexibility index (Phi) is 1.78. The highest BCUT2D eigenvalue weighted by Gasteiger charge is 1.96. The largest absolute Gasteiger partial charge is 0.254 e. The fraction of sp³-hybridized carbons (Fsp3) is 0. The molecule has 56 valence electrons. The molecule has 0 unspecified atom stereocenters. The number of hydrogen-bond donors (Lipinski definition) is 0. The summed E-state index contributed by atoms with van der Waals surface area (Å²) in [5.41, 5.74) is 0.891. The zero-order valence-corrected chi connectivity index (χ0v) is 6.23. The third-order valence-electron chi connectivity index (χ3n) is 1.40. The summed E-state index contributed by atoms with van der Waals surface area (Å²) in [6.07, 6.45) is 7.53. The van der Waals surface area contributed by atoms with Gasteiger partial charge in [-0.25, -0.2) is 9.97 Å². The molecule has 0 atom stereocenters. The van der Waals surface area contributed by atoms with Crippen LogP contribution in [-0.2, 0) is 0 Å². The third kappa shape index (κ3) is 1.29. The topological polar surface area (TPSA) is 38.7 Å². The van der Waals surface area contributed by atoms with Crippen molar-refractivity contribution in [1.29, 1.82) is 0 Å². The number of hydrogen-bond acceptors (Lipinski definition) is 3. The molecule has 0 aliphatic rings. The minimum absolute atomic E-state index is 0.662. The standard InChI is InChI=1S/C9H5N3/c1-3-8(7-10-4-1)9-11-5-2-6-12-9/h1,3,5-7H. The van der Waals surface area contributed by atoms with Crippen LogP contribution in [0.15, 0.2) is 30.7 Å². The SMILES string of the molecule is [c]1cnc(-c2cc[c]nc2)nc1. The zero-order valence-electron chi connectivity index (χ0n) is 6.23. The Morgan fingerprint density at radius 2 is 2.00 bits per heavy atom. The molecule has 0 saturated carbocycles. The number of rotatable bonds is 1. The average molecular weight is 155 g/mol. The molecule has 2 rings (SSSR count). The van der Waals surface area contributed by atoms with Crippen LogP contribution in [0.3, 0.4) is 0 Å². The van der Waals surface area contributed by atoms with E-state index < -0.39 is 0 Å². The normalized spacial score (nSPS) is 9.67. The first-order valence-corrected chi connectivity index (χ1v) is 3.47. The molecule has 12 heavy (non-hydrogen) atoms. The van der Waals surface area contributed by atoms with Crippen molar-refractivity contribution in [3.63, 3.8) is 0 Å². The molecule has 3 heteroatoms. The molecule has 2 aromatic heterocycles. The maximum absolute atomic E-state index is 4.03. The molecular weight excluding hydrogens is 150 g/mol. The number of aromatic nitrogens is 3. The molecule has 2 heterocycles. The predicted molar refractivity (Wildman–Crippen MR) is 42.9 cm³/mol. The van der Waals surface area contributed by atoms with Gasteiger partial charge in [0, 0.05) is 30.2 Å². The van der Waals surface area contributed by atoms with Crippen molar-refractivity contribution in [2.45, 2.75) is 0 Å². The second-order valence-electron chi connectivity index (χ2n) is 2.18. The van der Waals surface area contributed by atoms with E-state index in [9.17, 15) is 0 Å². The lowest BCUT2D eigenvalue weighted by Crippen LogP contribution is -1.86. The third-order valence-corrected chi connectivity index (χ3v) is 1.40. The van der Waals surface area contributed by atoms with Crippen LogP contribution in [0.1, 0.15) is 0 Å². The molecule has 0 aliphatic carbocycles. The Morgan fingerprint density at radius 1 is 1.17 bits per heavy atom. The molecule has 0 fully saturated rings. The molecule has 0 aliphatic heterocycles. The lowest BCUT2D eigenvalue weighted by Gasteiger charge is -1.95. The van der Waals surface area contributed by atoms with E-state index in [1.54, 1.807) is 24.7 Å². The summed E-state index contributed by atoms with van der Waals surface area (Å²) in [4.78, 5) is 11.9. The maximum Gasteiger partial charge on any atom is 0.160 e. The van der Waals surface area contributed by atoms with E-state index in [4.69, 9.17) is 0 Å². The molecule has 0 amide bonds. The van der Waals surface area contributed by atoms with Gasteiger partial charge < -0.3 is 0 Å². The van der Waals surface area contributed by atoms with Crippen molar-refractivity contribution in [1.82, 2.24) is 15.0 Å². The summed E-state index contributed by atoms with van der Waals surface area (Å²) in [7, 11) is 0. The fourth-order valence-corrected chi connectivity index (χ4v) is 0.865. The van der Waals surface area contributed by atoms with Gasteiger partial charge in [0.2, 0.25) is 0 Å². The summed E-state index contributed by atoms with van der Waals surface area (Å²) >= 11 is 0. The van der Waals surface area contributed by atoms with Crippen molar-refractivity contribution in [3.05, 3.63) is 43.0 Å². The first kappa shape index (κ1) is 6.91. The van der Waals surface area contributed by atoms with Gasteiger partial charge in [-0.15, -0.1) is 0 Å². The van der Waals surface area contributed by atoms with Crippen molar-refractivity contribution in [2.75, 3.05) is 0 Å². The van der Waals surface area contributed by atoms with Crippen LogP contribution in [0.4, 0.5) is 0 Å². The smallest absolute Gasteiger partial charge is 0.160 e. The van der Waals surface area contributed by atoms with Crippen LogP contribution >= 0.6 is 0 Å². The van der Waals surface area contributed by atoms with Gasteiger partial charge >= 0.3 is 0 Å². The quantitative estimate of drug-likeness (QED) is 0.619. The monoisotopic (exact) mass is 155 g/mol. The highest BCUT2D eigenvalue weighted by Crippen LogP contribution is 2.09. The summed E-state index contributed by atoms with van der Waals surface area (Å²) in [6.45, 7) is 0. The highest BCUT2D eigenvalue weighted by molar-refractivity contribution is 5.51. The van der Waals surface area contributed by atoms with E-state index in [0.29, 0.717) is 5.82 Å². The van der Waals surface area contributed by atoms with Crippen molar-refractivity contribution in [2.24, 2.45) is 0 Å². The van der Waals surface area contributed by atoms with Gasteiger partial charge in [-0.3, -0.25) is 4.98 Å². The lowest BCUT2D eigenvalue weighted by atomic mass is 10.3. The van der Waals surface area contributed by atoms with Crippen molar-refractivity contribution in [3.8, 4) is 11.4 Å². The molecule has 0 spiro atoms.